The van der Waals surface area contributed by atoms with Crippen molar-refractivity contribution in [2.45, 2.75) is 30.2 Å². The van der Waals surface area contributed by atoms with E-state index < -0.39 is 10.0 Å². The summed E-state index contributed by atoms with van der Waals surface area (Å²) < 4.78 is 33.7. The van der Waals surface area contributed by atoms with Crippen LogP contribution in [0.25, 0.3) is 0 Å². The Morgan fingerprint density at radius 3 is 2.77 bits per heavy atom. The van der Waals surface area contributed by atoms with Crippen LogP contribution in [0.4, 0.5) is 5.69 Å². The number of benzene rings is 1. The van der Waals surface area contributed by atoms with E-state index in [9.17, 15) is 13.2 Å². The third-order valence-electron chi connectivity index (χ3n) is 4.93. The lowest BCUT2D eigenvalue weighted by molar-refractivity contribution is -0.115. The molecule has 1 atom stereocenters. The molecule has 1 unspecified atom stereocenters. The summed E-state index contributed by atoms with van der Waals surface area (Å²) in [6, 6.07) is 8.29. The van der Waals surface area contributed by atoms with E-state index in [2.05, 4.69) is 14.9 Å². The normalized spacial score (nSPS) is 18.7. The topological polar surface area (TPSA) is 91.6 Å². The van der Waals surface area contributed by atoms with Gasteiger partial charge in [-0.2, -0.15) is 0 Å². The quantitative estimate of drug-likeness (QED) is 0.804. The van der Waals surface area contributed by atoms with Gasteiger partial charge in [-0.05, 0) is 61.8 Å². The number of fused-ring (bicyclic) bond motifs is 1. The Labute approximate surface area is 152 Å². The Hall–Kier alpha value is -2.16. The van der Waals surface area contributed by atoms with Crippen LogP contribution in [0.5, 0.6) is 0 Å². The molecule has 0 bridgehead atoms. The van der Waals surface area contributed by atoms with Crippen molar-refractivity contribution in [3.05, 3.63) is 47.9 Å². The molecule has 1 aromatic carbocycles. The molecule has 8 heteroatoms. The molecule has 2 aliphatic rings. The molecule has 4 rings (SSSR count). The third-order valence-corrected chi connectivity index (χ3v) is 6.35. The second-order valence-electron chi connectivity index (χ2n) is 6.67. The van der Waals surface area contributed by atoms with Crippen molar-refractivity contribution in [1.82, 2.24) is 9.62 Å². The fraction of sp³-hybridized carbons (Fsp3) is 0.389. The third kappa shape index (κ3) is 3.40. The summed E-state index contributed by atoms with van der Waals surface area (Å²) >= 11 is 0. The first-order valence-corrected chi connectivity index (χ1v) is 10.2. The van der Waals surface area contributed by atoms with E-state index in [1.54, 1.807) is 18.4 Å². The second-order valence-corrected chi connectivity index (χ2v) is 8.44. The van der Waals surface area contributed by atoms with Crippen LogP contribution in [0, 0.1) is 0 Å². The van der Waals surface area contributed by atoms with Crippen LogP contribution in [0.3, 0.4) is 0 Å². The van der Waals surface area contributed by atoms with E-state index in [-0.39, 0.29) is 29.8 Å². The Morgan fingerprint density at radius 2 is 2.04 bits per heavy atom. The van der Waals surface area contributed by atoms with Crippen LogP contribution in [-0.2, 0) is 21.2 Å². The average molecular weight is 375 g/mol. The molecule has 2 aromatic rings. The highest BCUT2D eigenvalue weighted by molar-refractivity contribution is 7.89. The molecule has 26 heavy (non-hydrogen) atoms. The monoisotopic (exact) mass is 375 g/mol. The van der Waals surface area contributed by atoms with Gasteiger partial charge in [-0.1, -0.05) is 0 Å². The highest BCUT2D eigenvalue weighted by atomic mass is 32.2. The molecular formula is C18H21N3O4S. The number of carbonyl (C=O) groups excluding carboxylic acids is 1. The highest BCUT2D eigenvalue weighted by Gasteiger charge is 2.28. The summed E-state index contributed by atoms with van der Waals surface area (Å²) in [5, 5.41) is 2.71. The number of sulfonamides is 1. The van der Waals surface area contributed by atoms with Crippen molar-refractivity contribution in [2.75, 3.05) is 25.0 Å². The maximum absolute atomic E-state index is 12.7. The first-order valence-electron chi connectivity index (χ1n) is 8.73. The molecule has 1 saturated heterocycles. The van der Waals surface area contributed by atoms with Gasteiger partial charge in [-0.25, -0.2) is 13.1 Å². The number of anilines is 1. The zero-order valence-electron chi connectivity index (χ0n) is 14.3. The lowest BCUT2D eigenvalue weighted by Crippen LogP contribution is -2.36. The summed E-state index contributed by atoms with van der Waals surface area (Å²) in [5.41, 5.74) is 1.39. The molecule has 0 saturated carbocycles. The standard InChI is InChI=1S/C18H21N3O4S/c22-18-11-13-10-14(5-6-15(13)20-18)26(23,24)19-12-16(17-4-3-9-25-17)21-7-1-2-8-21/h3-6,9-10,16,19H,1-2,7-8,11-12H2,(H,20,22). The number of furan rings is 1. The molecule has 1 fully saturated rings. The minimum atomic E-state index is -3.67. The van der Waals surface area contributed by atoms with Crippen LogP contribution >= 0.6 is 0 Å². The molecule has 1 amide bonds. The predicted molar refractivity (Wildman–Crippen MR) is 96.2 cm³/mol. The summed E-state index contributed by atoms with van der Waals surface area (Å²) in [6.07, 6.45) is 4.03. The number of amides is 1. The summed E-state index contributed by atoms with van der Waals surface area (Å²) in [4.78, 5) is 13.9. The molecular weight excluding hydrogens is 354 g/mol. The Balaban J connectivity index is 1.52. The lowest BCUT2D eigenvalue weighted by atomic mass is 10.2. The Kier molecular flexibility index (Phi) is 4.56. The Bertz CT molecular complexity index is 903. The maximum Gasteiger partial charge on any atom is 0.240 e. The van der Waals surface area contributed by atoms with Crippen LogP contribution in [-0.4, -0.2) is 38.9 Å². The Morgan fingerprint density at radius 1 is 1.23 bits per heavy atom. The van der Waals surface area contributed by atoms with Crippen molar-refractivity contribution < 1.29 is 17.6 Å². The molecule has 1 aromatic heterocycles. The lowest BCUT2D eigenvalue weighted by Gasteiger charge is -2.26. The predicted octanol–water partition coefficient (Wildman–Crippen LogP) is 1.89. The molecule has 138 valence electrons. The number of carbonyl (C=O) groups is 1. The van der Waals surface area contributed by atoms with Gasteiger partial charge in [-0.3, -0.25) is 9.69 Å². The van der Waals surface area contributed by atoms with Crippen molar-refractivity contribution in [1.29, 1.82) is 0 Å². The van der Waals surface area contributed by atoms with Crippen LogP contribution < -0.4 is 10.0 Å². The van der Waals surface area contributed by atoms with E-state index in [0.717, 1.165) is 31.7 Å². The maximum atomic E-state index is 12.7. The molecule has 0 spiro atoms. The second kappa shape index (κ2) is 6.86. The van der Waals surface area contributed by atoms with Crippen molar-refractivity contribution >= 4 is 21.6 Å². The molecule has 2 N–H and O–H groups in total. The summed E-state index contributed by atoms with van der Waals surface area (Å²) in [5.74, 6) is 0.646. The van der Waals surface area contributed by atoms with E-state index in [1.807, 2.05) is 12.1 Å². The summed E-state index contributed by atoms with van der Waals surface area (Å²) in [7, 11) is -3.67. The fourth-order valence-corrected chi connectivity index (χ4v) is 4.68. The van der Waals surface area contributed by atoms with Gasteiger partial charge in [-0.15, -0.1) is 0 Å². The van der Waals surface area contributed by atoms with Gasteiger partial charge >= 0.3 is 0 Å². The molecule has 2 aliphatic heterocycles. The zero-order chi connectivity index (χ0) is 18.1. The van der Waals surface area contributed by atoms with Gasteiger partial charge in [0.05, 0.1) is 23.6 Å². The zero-order valence-corrected chi connectivity index (χ0v) is 15.1. The minimum absolute atomic E-state index is 0.116. The average Bonchev–Trinajstić information content (AvgIpc) is 3.35. The van der Waals surface area contributed by atoms with Gasteiger partial charge in [0.15, 0.2) is 0 Å². The van der Waals surface area contributed by atoms with E-state index >= 15 is 0 Å². The number of nitrogens with zero attached hydrogens (tertiary/aromatic N) is 1. The highest BCUT2D eigenvalue weighted by Crippen LogP contribution is 2.27. The number of nitrogens with one attached hydrogen (secondary N) is 2. The van der Waals surface area contributed by atoms with Gasteiger partial charge in [0, 0.05) is 12.2 Å². The van der Waals surface area contributed by atoms with Crippen LogP contribution in [0.2, 0.25) is 0 Å². The number of hydrogen-bond acceptors (Lipinski definition) is 5. The number of likely N-dealkylation sites (tertiary alicyclic amines) is 1. The molecule has 7 nitrogen and oxygen atoms in total. The van der Waals surface area contributed by atoms with E-state index in [4.69, 9.17) is 4.42 Å². The van der Waals surface area contributed by atoms with Crippen LogP contribution in [0.15, 0.2) is 45.9 Å². The molecule has 0 aliphatic carbocycles. The van der Waals surface area contributed by atoms with Crippen molar-refractivity contribution in [3.8, 4) is 0 Å². The first-order chi connectivity index (χ1) is 12.5. The van der Waals surface area contributed by atoms with Crippen molar-refractivity contribution in [3.63, 3.8) is 0 Å². The van der Waals surface area contributed by atoms with E-state index in [0.29, 0.717) is 11.3 Å². The van der Waals surface area contributed by atoms with Crippen molar-refractivity contribution in [2.24, 2.45) is 0 Å². The van der Waals surface area contributed by atoms with Gasteiger partial charge in [0.1, 0.15) is 5.76 Å². The first kappa shape index (κ1) is 17.3. The number of hydrogen-bond donors (Lipinski definition) is 2. The minimum Gasteiger partial charge on any atom is -0.468 e. The molecule has 0 radical (unpaired) electrons. The smallest absolute Gasteiger partial charge is 0.240 e. The van der Waals surface area contributed by atoms with Gasteiger partial charge < -0.3 is 9.73 Å². The largest absolute Gasteiger partial charge is 0.468 e. The summed E-state index contributed by atoms with van der Waals surface area (Å²) in [6.45, 7) is 2.10. The van der Waals surface area contributed by atoms with E-state index in [1.165, 1.54) is 6.07 Å². The van der Waals surface area contributed by atoms with Gasteiger partial charge in [0.25, 0.3) is 0 Å². The SMILES string of the molecule is O=C1Cc2cc(S(=O)(=O)NCC(c3ccco3)N3CCCC3)ccc2N1. The van der Waals surface area contributed by atoms with Crippen LogP contribution in [0.1, 0.15) is 30.2 Å². The number of rotatable bonds is 6. The van der Waals surface area contributed by atoms with Gasteiger partial charge in [0.2, 0.25) is 15.9 Å². The fourth-order valence-electron chi connectivity index (χ4n) is 3.59. The molecule has 3 heterocycles.